The number of hydrogen-bond donors (Lipinski definition) is 0. The lowest BCUT2D eigenvalue weighted by Gasteiger charge is -2.22. The average Bonchev–Trinajstić information content (AvgIpc) is 3.09. The van der Waals surface area contributed by atoms with Crippen LogP contribution in [0.1, 0.15) is 46.0 Å². The first-order valence-corrected chi connectivity index (χ1v) is 6.62. The normalized spacial score (nSPS) is 19.6. The molecule has 0 unspecified atom stereocenters. The van der Waals surface area contributed by atoms with Crippen molar-refractivity contribution < 1.29 is 0 Å². The first-order chi connectivity index (χ1) is 7.75. The van der Waals surface area contributed by atoms with E-state index in [1.165, 1.54) is 31.6 Å². The first-order valence-electron chi connectivity index (χ1n) is 6.62. The highest BCUT2D eigenvalue weighted by Crippen LogP contribution is 2.28. The fraction of sp³-hybridized carbons (Fsp3) is 0.786. The molecule has 1 aliphatic carbocycles. The fourth-order valence-electron chi connectivity index (χ4n) is 2.25. The zero-order valence-corrected chi connectivity index (χ0v) is 10.6. The molecule has 0 saturated heterocycles. The maximum atomic E-state index is 4.34. The summed E-state index contributed by atoms with van der Waals surface area (Å²) < 4.78 is 0. The maximum Gasteiger partial charge on any atom is 0.314 e. The van der Waals surface area contributed by atoms with Crippen LogP contribution in [0.4, 0.5) is 0 Å². The van der Waals surface area contributed by atoms with E-state index in [4.69, 9.17) is 0 Å². The van der Waals surface area contributed by atoms with Crippen LogP contribution >= 0.6 is 0 Å². The van der Waals surface area contributed by atoms with Gasteiger partial charge in [0.1, 0.15) is 0 Å². The van der Waals surface area contributed by atoms with Crippen LogP contribution in [-0.4, -0.2) is 24.0 Å². The number of nitrogens with zero attached hydrogens (tertiary/aromatic N) is 2. The Morgan fingerprint density at radius 1 is 1.50 bits per heavy atom. The van der Waals surface area contributed by atoms with Gasteiger partial charge in [-0.2, -0.15) is 0 Å². The molecule has 16 heavy (non-hydrogen) atoms. The van der Waals surface area contributed by atoms with E-state index < -0.39 is 0 Å². The van der Waals surface area contributed by atoms with Crippen LogP contribution in [0.3, 0.4) is 0 Å². The molecule has 0 spiro atoms. The molecule has 2 rings (SSSR count). The van der Waals surface area contributed by atoms with Crippen molar-refractivity contribution in [2.75, 3.05) is 13.1 Å². The van der Waals surface area contributed by atoms with E-state index in [1.807, 2.05) is 0 Å². The zero-order chi connectivity index (χ0) is 11.4. The Labute approximate surface area is 99.1 Å². The monoisotopic (exact) mass is 219 g/mol. The van der Waals surface area contributed by atoms with Gasteiger partial charge in [-0.25, -0.2) is 0 Å². The summed E-state index contributed by atoms with van der Waals surface area (Å²) in [6, 6.07) is 3.96. The number of allylic oxidation sites excluding steroid dienone is 1. The summed E-state index contributed by atoms with van der Waals surface area (Å²) in [6.07, 6.45) is 8.32. The third kappa shape index (κ3) is 3.64. The van der Waals surface area contributed by atoms with Gasteiger partial charge in [0.2, 0.25) is 0 Å². The lowest BCUT2D eigenvalue weighted by molar-refractivity contribution is 0.237. The van der Waals surface area contributed by atoms with Crippen molar-refractivity contribution in [1.82, 2.24) is 4.90 Å². The Morgan fingerprint density at radius 2 is 2.31 bits per heavy atom. The SMILES string of the molecule is CC(C)CN(CCC1=CCCC#[N+]1)C1CC1. The summed E-state index contributed by atoms with van der Waals surface area (Å²) in [7, 11) is 0. The molecular formula is C14H23N2+. The molecule has 1 saturated carbocycles. The van der Waals surface area contributed by atoms with Crippen LogP contribution < -0.4 is 0 Å². The summed E-state index contributed by atoms with van der Waals surface area (Å²) in [6.45, 7) is 7.04. The predicted molar refractivity (Wildman–Crippen MR) is 68.6 cm³/mol. The van der Waals surface area contributed by atoms with E-state index >= 15 is 0 Å². The Kier molecular flexibility index (Phi) is 4.01. The quantitative estimate of drug-likeness (QED) is 0.663. The molecule has 0 bridgehead atoms. The van der Waals surface area contributed by atoms with Gasteiger partial charge in [-0.05, 0) is 30.0 Å². The molecule has 88 valence electrons. The molecule has 2 nitrogen and oxygen atoms in total. The van der Waals surface area contributed by atoms with Gasteiger partial charge < -0.3 is 0 Å². The van der Waals surface area contributed by atoms with Gasteiger partial charge in [-0.3, -0.25) is 4.90 Å². The van der Waals surface area contributed by atoms with E-state index in [0.717, 1.165) is 31.2 Å². The van der Waals surface area contributed by atoms with Crippen LogP contribution in [0, 0.1) is 12.0 Å². The molecule has 0 radical (unpaired) electrons. The molecule has 1 aliphatic heterocycles. The number of rotatable bonds is 6. The molecule has 2 aliphatic rings. The largest absolute Gasteiger partial charge is 0.314 e. The van der Waals surface area contributed by atoms with Crippen molar-refractivity contribution in [2.24, 2.45) is 5.92 Å². The molecule has 2 heteroatoms. The smallest absolute Gasteiger partial charge is 0.300 e. The molecule has 1 heterocycles. The Bertz CT molecular complexity index is 315. The van der Waals surface area contributed by atoms with Gasteiger partial charge in [0, 0.05) is 25.2 Å². The maximum absolute atomic E-state index is 4.34. The van der Waals surface area contributed by atoms with Crippen molar-refractivity contribution in [2.45, 2.75) is 52.0 Å². The molecule has 0 N–H and O–H groups in total. The van der Waals surface area contributed by atoms with Gasteiger partial charge in [0.25, 0.3) is 6.07 Å². The van der Waals surface area contributed by atoms with Crippen molar-refractivity contribution in [3.63, 3.8) is 0 Å². The molecule has 0 atom stereocenters. The minimum atomic E-state index is 0.774. The van der Waals surface area contributed by atoms with Crippen LogP contribution in [-0.2, 0) is 0 Å². The van der Waals surface area contributed by atoms with Crippen LogP contribution in [0.15, 0.2) is 11.8 Å². The average molecular weight is 219 g/mol. The van der Waals surface area contributed by atoms with Gasteiger partial charge in [-0.15, -0.1) is 0 Å². The second kappa shape index (κ2) is 5.50. The minimum absolute atomic E-state index is 0.774. The summed E-state index contributed by atoms with van der Waals surface area (Å²) in [5.74, 6) is 0.774. The topological polar surface area (TPSA) is 7.60 Å². The third-order valence-electron chi connectivity index (χ3n) is 3.18. The summed E-state index contributed by atoms with van der Waals surface area (Å²) >= 11 is 0. The number of hydrogen-bond acceptors (Lipinski definition) is 1. The van der Waals surface area contributed by atoms with Crippen molar-refractivity contribution in [1.29, 1.82) is 0 Å². The van der Waals surface area contributed by atoms with Crippen LogP contribution in [0.2, 0.25) is 0 Å². The van der Waals surface area contributed by atoms with E-state index in [2.05, 4.69) is 35.7 Å². The Balaban J connectivity index is 1.78. The second-order valence-electron chi connectivity index (χ2n) is 5.37. The van der Waals surface area contributed by atoms with Gasteiger partial charge in [0.15, 0.2) is 0 Å². The Morgan fingerprint density at radius 3 is 2.88 bits per heavy atom. The van der Waals surface area contributed by atoms with Crippen molar-refractivity contribution in [3.05, 3.63) is 16.6 Å². The lowest BCUT2D eigenvalue weighted by atomic mass is 10.1. The second-order valence-corrected chi connectivity index (χ2v) is 5.37. The summed E-state index contributed by atoms with van der Waals surface area (Å²) in [5, 5.41) is 0. The van der Waals surface area contributed by atoms with Crippen molar-refractivity contribution in [3.8, 4) is 6.07 Å². The van der Waals surface area contributed by atoms with Gasteiger partial charge in [-0.1, -0.05) is 13.8 Å². The molecule has 0 aromatic carbocycles. The highest BCUT2D eigenvalue weighted by Gasteiger charge is 2.29. The molecular weight excluding hydrogens is 196 g/mol. The zero-order valence-electron chi connectivity index (χ0n) is 10.6. The van der Waals surface area contributed by atoms with E-state index in [-0.39, 0.29) is 0 Å². The van der Waals surface area contributed by atoms with E-state index in [1.54, 1.807) is 0 Å². The van der Waals surface area contributed by atoms with E-state index in [9.17, 15) is 0 Å². The predicted octanol–water partition coefficient (Wildman–Crippen LogP) is 3.51. The highest BCUT2D eigenvalue weighted by atomic mass is 15.2. The lowest BCUT2D eigenvalue weighted by Crippen LogP contribution is -2.31. The molecule has 0 aromatic rings. The summed E-state index contributed by atoms with van der Waals surface area (Å²) in [4.78, 5) is 6.99. The summed E-state index contributed by atoms with van der Waals surface area (Å²) in [5.41, 5.74) is 1.25. The molecule has 1 fully saturated rings. The third-order valence-corrected chi connectivity index (χ3v) is 3.18. The van der Waals surface area contributed by atoms with Gasteiger partial charge in [0.05, 0.1) is 12.8 Å². The molecule has 0 amide bonds. The minimum Gasteiger partial charge on any atom is -0.300 e. The Hall–Kier alpha value is -0.810. The van der Waals surface area contributed by atoms with E-state index in [0.29, 0.717) is 0 Å². The van der Waals surface area contributed by atoms with Crippen molar-refractivity contribution >= 4 is 0 Å². The van der Waals surface area contributed by atoms with Crippen LogP contribution in [0.5, 0.6) is 0 Å². The first kappa shape index (κ1) is 11.7. The van der Waals surface area contributed by atoms with Gasteiger partial charge >= 0.3 is 5.70 Å². The fourth-order valence-corrected chi connectivity index (χ4v) is 2.25. The molecule has 0 aromatic heterocycles. The standard InChI is InChI=1S/C14H23N2/c1-12(2)11-16(14-6-7-14)10-8-13-5-3-4-9-15-13/h5,12,14H,3-4,6-8,10-11H2,1-2H3/q+1. The van der Waals surface area contributed by atoms with Crippen LogP contribution in [0.25, 0.3) is 4.85 Å². The highest BCUT2D eigenvalue weighted by molar-refractivity contribution is 5.19.